The third-order valence-electron chi connectivity index (χ3n) is 5.49. The van der Waals surface area contributed by atoms with E-state index >= 15 is 0 Å². The highest BCUT2D eigenvalue weighted by Gasteiger charge is 2.33. The lowest BCUT2D eigenvalue weighted by Gasteiger charge is -2.40. The lowest BCUT2D eigenvalue weighted by atomic mass is 9.85. The monoisotopic (exact) mass is 375 g/mol. The number of ether oxygens (including phenoxy) is 2. The van der Waals surface area contributed by atoms with Crippen LogP contribution in [0.3, 0.4) is 0 Å². The molecule has 0 bridgehead atoms. The van der Waals surface area contributed by atoms with Crippen molar-refractivity contribution in [3.8, 4) is 5.75 Å². The largest absolute Gasteiger partial charge is 0.491 e. The third kappa shape index (κ3) is 6.24. The average molecular weight is 376 g/mol. The lowest BCUT2D eigenvalue weighted by molar-refractivity contribution is -0.138. The van der Waals surface area contributed by atoms with Gasteiger partial charge in [-0.25, -0.2) is 0 Å². The summed E-state index contributed by atoms with van der Waals surface area (Å²) in [6, 6.07) is 8.50. The van der Waals surface area contributed by atoms with Crippen LogP contribution in [0.1, 0.15) is 72.3 Å². The van der Waals surface area contributed by atoms with E-state index < -0.39 is 0 Å². The van der Waals surface area contributed by atoms with Crippen LogP contribution in [0.25, 0.3) is 0 Å². The molecule has 1 aliphatic rings. The maximum absolute atomic E-state index is 13.0. The number of carbonyl (C=O) groups excluding carboxylic acids is 1. The average Bonchev–Trinajstić information content (AvgIpc) is 2.58. The Bertz CT molecular complexity index is 607. The molecule has 2 unspecified atom stereocenters. The second-order valence-electron chi connectivity index (χ2n) is 9.05. The highest BCUT2D eigenvalue weighted by molar-refractivity contribution is 5.77. The molecule has 0 aromatic heterocycles. The standard InChI is InChI=1S/C23H37NO3/c1-16(2)21(18-8-10-20(11-9-18)27-17(3)4)14-22(25)24(7)19-12-13-26-23(5,6)15-19/h8-11,16-17,19,21H,12-15H2,1-7H3. The molecule has 1 heterocycles. The Kier molecular flexibility index (Phi) is 7.32. The molecule has 0 aliphatic carbocycles. The molecule has 0 N–H and O–H groups in total. The van der Waals surface area contributed by atoms with Crippen LogP contribution in [0.2, 0.25) is 0 Å². The molecule has 1 amide bonds. The van der Waals surface area contributed by atoms with Crippen molar-refractivity contribution in [2.24, 2.45) is 5.92 Å². The normalized spacial score (nSPS) is 20.6. The van der Waals surface area contributed by atoms with E-state index in [1.165, 1.54) is 5.56 Å². The molecule has 0 saturated carbocycles. The van der Waals surface area contributed by atoms with Gasteiger partial charge in [-0.3, -0.25) is 4.79 Å². The van der Waals surface area contributed by atoms with Crippen molar-refractivity contribution in [3.05, 3.63) is 29.8 Å². The summed E-state index contributed by atoms with van der Waals surface area (Å²) in [6.45, 7) is 13.4. The van der Waals surface area contributed by atoms with Gasteiger partial charge in [0.15, 0.2) is 0 Å². The highest BCUT2D eigenvalue weighted by atomic mass is 16.5. The Morgan fingerprint density at radius 1 is 1.22 bits per heavy atom. The summed E-state index contributed by atoms with van der Waals surface area (Å²) in [7, 11) is 1.95. The Hall–Kier alpha value is -1.55. The number of rotatable bonds is 7. The van der Waals surface area contributed by atoms with E-state index in [1.807, 2.05) is 37.9 Å². The van der Waals surface area contributed by atoms with Gasteiger partial charge in [0.1, 0.15) is 5.75 Å². The van der Waals surface area contributed by atoms with Gasteiger partial charge < -0.3 is 14.4 Å². The molecule has 2 atom stereocenters. The predicted molar refractivity (Wildman–Crippen MR) is 110 cm³/mol. The smallest absolute Gasteiger partial charge is 0.223 e. The van der Waals surface area contributed by atoms with E-state index in [-0.39, 0.29) is 29.6 Å². The second kappa shape index (κ2) is 9.09. The van der Waals surface area contributed by atoms with Crippen LogP contribution in [-0.2, 0) is 9.53 Å². The van der Waals surface area contributed by atoms with Crippen molar-refractivity contribution in [1.82, 2.24) is 4.90 Å². The van der Waals surface area contributed by atoms with E-state index in [2.05, 4.69) is 39.8 Å². The molecule has 1 fully saturated rings. The van der Waals surface area contributed by atoms with Gasteiger partial charge >= 0.3 is 0 Å². The van der Waals surface area contributed by atoms with E-state index in [0.29, 0.717) is 12.3 Å². The lowest BCUT2D eigenvalue weighted by Crippen LogP contribution is -2.47. The van der Waals surface area contributed by atoms with E-state index in [1.54, 1.807) is 0 Å². The number of hydrogen-bond donors (Lipinski definition) is 0. The number of hydrogen-bond acceptors (Lipinski definition) is 3. The summed E-state index contributed by atoms with van der Waals surface area (Å²) in [6.07, 6.45) is 2.51. The van der Waals surface area contributed by atoms with E-state index in [9.17, 15) is 4.79 Å². The summed E-state index contributed by atoms with van der Waals surface area (Å²) in [5, 5.41) is 0. The Morgan fingerprint density at radius 3 is 2.37 bits per heavy atom. The molecular formula is C23H37NO3. The summed E-state index contributed by atoms with van der Waals surface area (Å²) >= 11 is 0. The zero-order valence-electron chi connectivity index (χ0n) is 18.1. The van der Waals surface area contributed by atoms with Crippen molar-refractivity contribution in [1.29, 1.82) is 0 Å². The predicted octanol–water partition coefficient (Wildman–Crippen LogP) is 5.02. The SMILES string of the molecule is CC(C)Oc1ccc(C(CC(=O)N(C)C2CCOC(C)(C)C2)C(C)C)cc1. The molecule has 4 heteroatoms. The fraction of sp³-hybridized carbons (Fsp3) is 0.696. The van der Waals surface area contributed by atoms with Crippen molar-refractivity contribution in [2.45, 2.75) is 84.5 Å². The summed E-state index contributed by atoms with van der Waals surface area (Å²) in [5.74, 6) is 1.70. The number of nitrogens with zero attached hydrogens (tertiary/aromatic N) is 1. The van der Waals surface area contributed by atoms with Gasteiger partial charge in [-0.15, -0.1) is 0 Å². The number of benzene rings is 1. The highest BCUT2D eigenvalue weighted by Crippen LogP contribution is 2.32. The minimum Gasteiger partial charge on any atom is -0.491 e. The molecule has 1 saturated heterocycles. The van der Waals surface area contributed by atoms with Gasteiger partial charge in [0, 0.05) is 26.1 Å². The first-order valence-electron chi connectivity index (χ1n) is 10.3. The molecule has 0 radical (unpaired) electrons. The minimum atomic E-state index is -0.152. The molecular weight excluding hydrogens is 338 g/mol. The first-order chi connectivity index (χ1) is 12.6. The van der Waals surface area contributed by atoms with E-state index in [0.717, 1.165) is 25.2 Å². The van der Waals surface area contributed by atoms with Crippen LogP contribution < -0.4 is 4.74 Å². The van der Waals surface area contributed by atoms with Gasteiger partial charge in [0.2, 0.25) is 5.91 Å². The summed E-state index contributed by atoms with van der Waals surface area (Å²) < 4.78 is 11.5. The Labute approximate surface area is 165 Å². The quantitative estimate of drug-likeness (QED) is 0.672. The molecule has 1 aliphatic heterocycles. The molecule has 152 valence electrons. The van der Waals surface area contributed by atoms with Crippen molar-refractivity contribution >= 4 is 5.91 Å². The fourth-order valence-electron chi connectivity index (χ4n) is 3.87. The zero-order valence-corrected chi connectivity index (χ0v) is 18.1. The fourth-order valence-corrected chi connectivity index (χ4v) is 3.87. The van der Waals surface area contributed by atoms with Crippen LogP contribution >= 0.6 is 0 Å². The molecule has 0 spiro atoms. The van der Waals surface area contributed by atoms with Crippen molar-refractivity contribution in [3.63, 3.8) is 0 Å². The number of amides is 1. The van der Waals surface area contributed by atoms with Crippen LogP contribution in [0.5, 0.6) is 5.75 Å². The van der Waals surface area contributed by atoms with Gasteiger partial charge in [0.05, 0.1) is 11.7 Å². The Balaban J connectivity index is 2.05. The van der Waals surface area contributed by atoms with Crippen LogP contribution in [0.4, 0.5) is 0 Å². The molecule has 4 nitrogen and oxygen atoms in total. The van der Waals surface area contributed by atoms with Crippen molar-refractivity contribution in [2.75, 3.05) is 13.7 Å². The van der Waals surface area contributed by atoms with Crippen LogP contribution in [0, 0.1) is 5.92 Å². The second-order valence-corrected chi connectivity index (χ2v) is 9.05. The molecule has 1 aromatic carbocycles. The summed E-state index contributed by atoms with van der Waals surface area (Å²) in [4.78, 5) is 15.0. The topological polar surface area (TPSA) is 38.8 Å². The first kappa shape index (κ1) is 21.7. The van der Waals surface area contributed by atoms with Gasteiger partial charge in [-0.05, 0) is 70.1 Å². The van der Waals surface area contributed by atoms with Gasteiger partial charge in [-0.1, -0.05) is 26.0 Å². The maximum Gasteiger partial charge on any atom is 0.223 e. The molecule has 1 aromatic rings. The van der Waals surface area contributed by atoms with E-state index in [4.69, 9.17) is 9.47 Å². The van der Waals surface area contributed by atoms with Gasteiger partial charge in [0.25, 0.3) is 0 Å². The van der Waals surface area contributed by atoms with Gasteiger partial charge in [-0.2, -0.15) is 0 Å². The summed E-state index contributed by atoms with van der Waals surface area (Å²) in [5.41, 5.74) is 1.05. The molecule has 2 rings (SSSR count). The number of carbonyl (C=O) groups is 1. The zero-order chi connectivity index (χ0) is 20.2. The van der Waals surface area contributed by atoms with Crippen LogP contribution in [-0.4, -0.2) is 42.2 Å². The third-order valence-corrected chi connectivity index (χ3v) is 5.49. The first-order valence-corrected chi connectivity index (χ1v) is 10.3. The molecule has 27 heavy (non-hydrogen) atoms. The maximum atomic E-state index is 13.0. The minimum absolute atomic E-state index is 0.152. The Morgan fingerprint density at radius 2 is 1.85 bits per heavy atom. The van der Waals surface area contributed by atoms with Crippen molar-refractivity contribution < 1.29 is 14.3 Å². The van der Waals surface area contributed by atoms with Crippen LogP contribution in [0.15, 0.2) is 24.3 Å².